The van der Waals surface area contributed by atoms with Crippen LogP contribution in [0.4, 0.5) is 10.7 Å². The van der Waals surface area contributed by atoms with E-state index >= 15 is 0 Å². The number of likely N-dealkylation sites (tertiary alicyclic amines) is 1. The summed E-state index contributed by atoms with van der Waals surface area (Å²) in [6.45, 7) is 2.70. The van der Waals surface area contributed by atoms with Gasteiger partial charge < -0.3 is 5.32 Å². The Balaban J connectivity index is 1.23. The number of hydrogen-bond donors (Lipinski definition) is 2. The molecule has 0 aliphatic carbocycles. The molecular formula is C23H22N6O2S. The minimum atomic E-state index is -0.390. The molecule has 2 saturated heterocycles. The highest BCUT2D eigenvalue weighted by Crippen LogP contribution is 2.25. The van der Waals surface area contributed by atoms with Gasteiger partial charge in [0.15, 0.2) is 0 Å². The van der Waals surface area contributed by atoms with Gasteiger partial charge in [-0.15, -0.1) is 0 Å². The van der Waals surface area contributed by atoms with E-state index in [-0.39, 0.29) is 11.3 Å². The van der Waals surface area contributed by atoms with Gasteiger partial charge in [0.25, 0.3) is 11.1 Å². The monoisotopic (exact) mass is 446 g/mol. The number of benzene rings is 1. The lowest BCUT2D eigenvalue weighted by molar-refractivity contribution is -0.115. The molecule has 32 heavy (non-hydrogen) atoms. The molecule has 5 rings (SSSR count). The van der Waals surface area contributed by atoms with E-state index in [1.165, 1.54) is 5.39 Å². The average Bonchev–Trinajstić information content (AvgIpc) is 3.10. The number of nitrogens with one attached hydrogen (secondary N) is 2. The Hall–Kier alpha value is -3.30. The van der Waals surface area contributed by atoms with Crippen molar-refractivity contribution in [3.8, 4) is 0 Å². The normalized spacial score (nSPS) is 20.6. The Morgan fingerprint density at radius 1 is 1.19 bits per heavy atom. The Bertz CT molecular complexity index is 1210. The van der Waals surface area contributed by atoms with E-state index in [9.17, 15) is 9.59 Å². The quantitative estimate of drug-likeness (QED) is 0.575. The van der Waals surface area contributed by atoms with Crippen LogP contribution < -0.4 is 10.6 Å². The van der Waals surface area contributed by atoms with Gasteiger partial charge >= 0.3 is 0 Å². The number of pyridine rings is 1. The SMILES string of the molecule is O=C1NC(=O)C(=Cc2ccnc(N[C@H]3CCCN(Cc4cc5ccccc5cn4)C3)n2)S1. The van der Waals surface area contributed by atoms with E-state index in [0.29, 0.717) is 16.5 Å². The van der Waals surface area contributed by atoms with Gasteiger partial charge in [-0.1, -0.05) is 24.3 Å². The van der Waals surface area contributed by atoms with Crippen LogP contribution in [-0.2, 0) is 11.3 Å². The third-order valence-electron chi connectivity index (χ3n) is 5.51. The van der Waals surface area contributed by atoms with Gasteiger partial charge in [0.2, 0.25) is 5.95 Å². The second kappa shape index (κ2) is 9.05. The van der Waals surface area contributed by atoms with Crippen LogP contribution in [0.3, 0.4) is 0 Å². The maximum Gasteiger partial charge on any atom is 0.290 e. The zero-order valence-corrected chi connectivity index (χ0v) is 18.1. The van der Waals surface area contributed by atoms with Crippen molar-refractivity contribution < 1.29 is 9.59 Å². The number of carbonyl (C=O) groups is 2. The first kappa shape index (κ1) is 20.6. The molecule has 9 heteroatoms. The first-order valence-electron chi connectivity index (χ1n) is 10.5. The molecule has 0 spiro atoms. The van der Waals surface area contributed by atoms with Crippen molar-refractivity contribution in [2.45, 2.75) is 25.4 Å². The number of hydrogen-bond acceptors (Lipinski definition) is 8. The lowest BCUT2D eigenvalue weighted by Gasteiger charge is -2.33. The molecule has 3 aromatic rings. The fourth-order valence-electron chi connectivity index (χ4n) is 4.02. The van der Waals surface area contributed by atoms with Crippen molar-refractivity contribution in [2.24, 2.45) is 0 Å². The maximum absolute atomic E-state index is 11.8. The second-order valence-corrected chi connectivity index (χ2v) is 8.91. The molecular weight excluding hydrogens is 424 g/mol. The van der Waals surface area contributed by atoms with Crippen molar-refractivity contribution in [3.63, 3.8) is 0 Å². The van der Waals surface area contributed by atoms with Gasteiger partial charge in [0.1, 0.15) is 0 Å². The van der Waals surface area contributed by atoms with E-state index in [2.05, 4.69) is 48.7 Å². The van der Waals surface area contributed by atoms with Gasteiger partial charge in [-0.3, -0.25) is 24.8 Å². The van der Waals surface area contributed by atoms with E-state index in [4.69, 9.17) is 0 Å². The van der Waals surface area contributed by atoms with E-state index in [1.54, 1.807) is 18.3 Å². The average molecular weight is 447 g/mol. The number of imide groups is 1. The lowest BCUT2D eigenvalue weighted by Crippen LogP contribution is -2.42. The maximum atomic E-state index is 11.8. The first-order chi connectivity index (χ1) is 15.6. The van der Waals surface area contributed by atoms with Gasteiger partial charge in [-0.2, -0.15) is 0 Å². The topological polar surface area (TPSA) is 100 Å². The molecule has 162 valence electrons. The Kier molecular flexibility index (Phi) is 5.83. The van der Waals surface area contributed by atoms with Crippen molar-refractivity contribution in [3.05, 3.63) is 65.1 Å². The second-order valence-electron chi connectivity index (χ2n) is 7.90. The summed E-state index contributed by atoms with van der Waals surface area (Å²) in [5.41, 5.74) is 1.65. The zero-order chi connectivity index (χ0) is 21.9. The van der Waals surface area contributed by atoms with Crippen LogP contribution in [0.2, 0.25) is 0 Å². The molecule has 0 saturated carbocycles. The van der Waals surface area contributed by atoms with Gasteiger partial charge in [0.05, 0.1) is 16.3 Å². The summed E-state index contributed by atoms with van der Waals surface area (Å²) in [5, 5.41) is 7.67. The number of thioether (sulfide) groups is 1. The highest BCUT2D eigenvalue weighted by molar-refractivity contribution is 8.18. The fourth-order valence-corrected chi connectivity index (χ4v) is 4.69. The molecule has 2 aromatic heterocycles. The number of nitrogens with zero attached hydrogens (tertiary/aromatic N) is 4. The van der Waals surface area contributed by atoms with Crippen LogP contribution in [0, 0.1) is 0 Å². The smallest absolute Gasteiger partial charge is 0.290 e. The summed E-state index contributed by atoms with van der Waals surface area (Å²) >= 11 is 0.880. The Morgan fingerprint density at radius 2 is 2.06 bits per heavy atom. The van der Waals surface area contributed by atoms with Crippen molar-refractivity contribution >= 4 is 45.7 Å². The fraction of sp³-hybridized carbons (Fsp3) is 0.261. The van der Waals surface area contributed by atoms with Crippen LogP contribution in [-0.4, -0.2) is 50.1 Å². The highest BCUT2D eigenvalue weighted by atomic mass is 32.2. The van der Waals surface area contributed by atoms with Crippen molar-refractivity contribution in [1.29, 1.82) is 0 Å². The molecule has 0 unspecified atom stereocenters. The minimum Gasteiger partial charge on any atom is -0.350 e. The van der Waals surface area contributed by atoms with Gasteiger partial charge in [-0.25, -0.2) is 9.97 Å². The molecule has 2 amide bonds. The van der Waals surface area contributed by atoms with Crippen LogP contribution in [0.1, 0.15) is 24.2 Å². The number of carbonyl (C=O) groups excluding carboxylic acids is 2. The number of piperidine rings is 1. The van der Waals surface area contributed by atoms with E-state index in [0.717, 1.165) is 55.3 Å². The largest absolute Gasteiger partial charge is 0.350 e. The summed E-state index contributed by atoms with van der Waals surface area (Å²) in [4.78, 5) is 39.3. The molecule has 4 heterocycles. The number of aromatic nitrogens is 3. The zero-order valence-electron chi connectivity index (χ0n) is 17.3. The van der Waals surface area contributed by atoms with E-state index < -0.39 is 5.91 Å². The summed E-state index contributed by atoms with van der Waals surface area (Å²) in [7, 11) is 0. The molecule has 8 nitrogen and oxygen atoms in total. The number of fused-ring (bicyclic) bond motifs is 1. The molecule has 0 bridgehead atoms. The number of amides is 2. The summed E-state index contributed by atoms with van der Waals surface area (Å²) in [5.74, 6) is 0.128. The predicted octanol–water partition coefficient (Wildman–Crippen LogP) is 3.43. The van der Waals surface area contributed by atoms with Crippen molar-refractivity contribution in [1.82, 2.24) is 25.2 Å². The summed E-state index contributed by atoms with van der Waals surface area (Å²) < 4.78 is 0. The van der Waals surface area contributed by atoms with Crippen LogP contribution in [0.5, 0.6) is 0 Å². The third-order valence-corrected chi connectivity index (χ3v) is 6.32. The van der Waals surface area contributed by atoms with Crippen LogP contribution >= 0.6 is 11.8 Å². The van der Waals surface area contributed by atoms with Gasteiger partial charge in [-0.05, 0) is 54.7 Å². The molecule has 2 N–H and O–H groups in total. The van der Waals surface area contributed by atoms with Crippen LogP contribution in [0.15, 0.2) is 53.7 Å². The van der Waals surface area contributed by atoms with E-state index in [1.807, 2.05) is 18.3 Å². The number of anilines is 1. The lowest BCUT2D eigenvalue weighted by atomic mass is 10.1. The Morgan fingerprint density at radius 3 is 2.91 bits per heavy atom. The standard InChI is InChI=1S/C23H22N6O2S/c30-21-20(32-23(31)28-21)11-17-7-8-24-22(26-17)27-18-6-3-9-29(13-18)14-19-10-15-4-1-2-5-16(15)12-25-19/h1-2,4-5,7-8,10-12,18H,3,6,9,13-14H2,(H,24,26,27)(H,28,30,31)/t18-/m0/s1. The minimum absolute atomic E-state index is 0.220. The Labute approximate surface area is 189 Å². The summed E-state index contributed by atoms with van der Waals surface area (Å²) in [6.07, 6.45) is 7.31. The molecule has 2 aliphatic heterocycles. The first-order valence-corrected chi connectivity index (χ1v) is 11.3. The molecule has 2 aliphatic rings. The van der Waals surface area contributed by atoms with Crippen molar-refractivity contribution in [2.75, 3.05) is 18.4 Å². The molecule has 0 radical (unpaired) electrons. The summed E-state index contributed by atoms with van der Waals surface area (Å²) in [6, 6.07) is 12.4. The third kappa shape index (κ3) is 4.79. The van der Waals surface area contributed by atoms with Crippen LogP contribution in [0.25, 0.3) is 16.8 Å². The highest BCUT2D eigenvalue weighted by Gasteiger charge is 2.25. The molecule has 1 aromatic carbocycles. The van der Waals surface area contributed by atoms with Gasteiger partial charge in [0, 0.05) is 36.9 Å². The molecule has 2 fully saturated rings. The predicted molar refractivity (Wildman–Crippen MR) is 125 cm³/mol. The molecule has 1 atom stereocenters. The number of rotatable bonds is 5.